The van der Waals surface area contributed by atoms with Gasteiger partial charge in [0.1, 0.15) is 0 Å². The van der Waals surface area contributed by atoms with Gasteiger partial charge in [0.15, 0.2) is 0 Å². The Bertz CT molecular complexity index is 265. The molecule has 0 amide bonds. The molecular weight excluding hydrogens is 218 g/mol. The number of morpholine rings is 1. The second kappa shape index (κ2) is 5.83. The van der Waals surface area contributed by atoms with E-state index in [1.165, 1.54) is 0 Å². The molecule has 0 aliphatic carbocycles. The van der Waals surface area contributed by atoms with E-state index in [1.807, 2.05) is 6.92 Å². The highest BCUT2D eigenvalue weighted by atomic mass is 16.5. The van der Waals surface area contributed by atoms with Crippen molar-refractivity contribution in [1.82, 2.24) is 4.90 Å². The molecule has 1 heterocycles. The van der Waals surface area contributed by atoms with Crippen LogP contribution in [0.5, 0.6) is 0 Å². The average molecular weight is 243 g/mol. The number of hydrogen-bond acceptors (Lipinski definition) is 4. The van der Waals surface area contributed by atoms with Crippen LogP contribution in [0.25, 0.3) is 0 Å². The second-order valence-corrected chi connectivity index (χ2v) is 5.48. The Labute approximate surface area is 104 Å². The van der Waals surface area contributed by atoms with Crippen molar-refractivity contribution >= 4 is 5.97 Å². The number of carbonyl (C=O) groups excluding carboxylic acids is 1. The van der Waals surface area contributed by atoms with E-state index in [0.29, 0.717) is 13.0 Å². The molecule has 1 rings (SSSR count). The maximum absolute atomic E-state index is 11.5. The number of carbonyl (C=O) groups is 1. The lowest BCUT2D eigenvalue weighted by Gasteiger charge is -2.44. The van der Waals surface area contributed by atoms with Gasteiger partial charge in [0, 0.05) is 19.1 Å². The largest absolute Gasteiger partial charge is 0.466 e. The van der Waals surface area contributed by atoms with Crippen LogP contribution < -0.4 is 0 Å². The molecule has 2 atom stereocenters. The fourth-order valence-electron chi connectivity index (χ4n) is 2.43. The van der Waals surface area contributed by atoms with Gasteiger partial charge in [0.2, 0.25) is 0 Å². The van der Waals surface area contributed by atoms with Crippen LogP contribution in [-0.4, -0.2) is 48.3 Å². The van der Waals surface area contributed by atoms with Gasteiger partial charge >= 0.3 is 5.97 Å². The molecular formula is C13H25NO3. The van der Waals surface area contributed by atoms with Gasteiger partial charge in [0.05, 0.1) is 24.7 Å². The number of nitrogens with zero attached hydrogens (tertiary/aromatic N) is 1. The molecule has 0 aromatic carbocycles. The van der Waals surface area contributed by atoms with Crippen molar-refractivity contribution in [2.75, 3.05) is 19.7 Å². The Morgan fingerprint density at radius 3 is 2.76 bits per heavy atom. The lowest BCUT2D eigenvalue weighted by atomic mass is 10.0. The minimum atomic E-state index is -0.138. The van der Waals surface area contributed by atoms with Gasteiger partial charge in [-0.3, -0.25) is 9.69 Å². The molecule has 0 saturated carbocycles. The molecule has 0 spiro atoms. The van der Waals surface area contributed by atoms with Crippen molar-refractivity contribution in [1.29, 1.82) is 0 Å². The zero-order valence-corrected chi connectivity index (χ0v) is 11.7. The smallest absolute Gasteiger partial charge is 0.307 e. The monoisotopic (exact) mass is 243 g/mol. The van der Waals surface area contributed by atoms with Crippen LogP contribution in [0.15, 0.2) is 0 Å². The van der Waals surface area contributed by atoms with Gasteiger partial charge in [-0.05, 0) is 34.6 Å². The highest BCUT2D eigenvalue weighted by Gasteiger charge is 2.33. The quantitative estimate of drug-likeness (QED) is 0.706. The molecule has 1 fully saturated rings. The van der Waals surface area contributed by atoms with E-state index in [0.717, 1.165) is 13.1 Å². The predicted molar refractivity (Wildman–Crippen MR) is 66.9 cm³/mol. The third-order valence-electron chi connectivity index (χ3n) is 2.99. The van der Waals surface area contributed by atoms with Crippen LogP contribution in [0, 0.1) is 0 Å². The van der Waals surface area contributed by atoms with E-state index >= 15 is 0 Å². The van der Waals surface area contributed by atoms with Gasteiger partial charge in [-0.1, -0.05) is 0 Å². The summed E-state index contributed by atoms with van der Waals surface area (Å²) in [6, 6.07) is 0.208. The van der Waals surface area contributed by atoms with Gasteiger partial charge in [-0.25, -0.2) is 0 Å². The van der Waals surface area contributed by atoms with Gasteiger partial charge < -0.3 is 9.47 Å². The molecule has 17 heavy (non-hydrogen) atoms. The third-order valence-corrected chi connectivity index (χ3v) is 2.99. The zero-order chi connectivity index (χ0) is 13.1. The predicted octanol–water partition coefficient (Wildman–Crippen LogP) is 1.83. The van der Waals surface area contributed by atoms with E-state index in [9.17, 15) is 4.79 Å². The van der Waals surface area contributed by atoms with Crippen LogP contribution in [-0.2, 0) is 14.3 Å². The second-order valence-electron chi connectivity index (χ2n) is 5.48. The summed E-state index contributed by atoms with van der Waals surface area (Å²) in [5.74, 6) is -0.114. The normalized spacial score (nSPS) is 26.5. The first-order valence-electron chi connectivity index (χ1n) is 6.41. The lowest BCUT2D eigenvalue weighted by molar-refractivity contribution is -0.151. The SMILES string of the molecule is CCOC(=O)CC(C)N1CC(C)OC(C)(C)C1. The summed E-state index contributed by atoms with van der Waals surface area (Å²) in [5.41, 5.74) is -0.138. The number of hydrogen-bond donors (Lipinski definition) is 0. The molecule has 0 radical (unpaired) electrons. The molecule has 0 N–H and O–H groups in total. The Hall–Kier alpha value is -0.610. The van der Waals surface area contributed by atoms with Crippen molar-refractivity contribution < 1.29 is 14.3 Å². The van der Waals surface area contributed by atoms with Crippen LogP contribution in [0.1, 0.15) is 41.0 Å². The maximum atomic E-state index is 11.5. The van der Waals surface area contributed by atoms with Gasteiger partial charge in [0.25, 0.3) is 0 Å². The van der Waals surface area contributed by atoms with Crippen LogP contribution in [0.2, 0.25) is 0 Å². The summed E-state index contributed by atoms with van der Waals surface area (Å²) in [4.78, 5) is 13.8. The van der Waals surface area contributed by atoms with Crippen LogP contribution >= 0.6 is 0 Å². The van der Waals surface area contributed by atoms with E-state index < -0.39 is 0 Å². The van der Waals surface area contributed by atoms with E-state index in [1.54, 1.807) is 0 Å². The molecule has 0 aromatic rings. The minimum absolute atomic E-state index is 0.114. The fourth-order valence-corrected chi connectivity index (χ4v) is 2.43. The van der Waals surface area contributed by atoms with Crippen molar-refractivity contribution in [3.05, 3.63) is 0 Å². The van der Waals surface area contributed by atoms with E-state index in [4.69, 9.17) is 9.47 Å². The Balaban J connectivity index is 2.51. The fraction of sp³-hybridized carbons (Fsp3) is 0.923. The number of ether oxygens (including phenoxy) is 2. The third kappa shape index (κ3) is 4.64. The first-order valence-corrected chi connectivity index (χ1v) is 6.41. The Kier molecular flexibility index (Phi) is 4.95. The standard InChI is InChI=1S/C13H25NO3/c1-6-16-12(15)7-10(2)14-8-11(3)17-13(4,5)9-14/h10-11H,6-9H2,1-5H3. The van der Waals surface area contributed by atoms with Crippen LogP contribution in [0.3, 0.4) is 0 Å². The lowest BCUT2D eigenvalue weighted by Crippen LogP contribution is -2.54. The molecule has 0 bridgehead atoms. The highest BCUT2D eigenvalue weighted by molar-refractivity contribution is 5.70. The summed E-state index contributed by atoms with van der Waals surface area (Å²) in [6.45, 7) is 12.4. The molecule has 1 aliphatic heterocycles. The summed E-state index contributed by atoms with van der Waals surface area (Å²) in [7, 11) is 0. The van der Waals surface area contributed by atoms with Crippen LogP contribution in [0.4, 0.5) is 0 Å². The highest BCUT2D eigenvalue weighted by Crippen LogP contribution is 2.23. The number of rotatable bonds is 4. The van der Waals surface area contributed by atoms with Crippen molar-refractivity contribution in [2.24, 2.45) is 0 Å². The van der Waals surface area contributed by atoms with Gasteiger partial charge in [-0.15, -0.1) is 0 Å². The molecule has 4 heteroatoms. The molecule has 100 valence electrons. The topological polar surface area (TPSA) is 38.8 Å². The minimum Gasteiger partial charge on any atom is -0.466 e. The molecule has 4 nitrogen and oxygen atoms in total. The molecule has 2 unspecified atom stereocenters. The van der Waals surface area contributed by atoms with Gasteiger partial charge in [-0.2, -0.15) is 0 Å². The van der Waals surface area contributed by atoms with Crippen molar-refractivity contribution in [3.63, 3.8) is 0 Å². The maximum Gasteiger partial charge on any atom is 0.307 e. The zero-order valence-electron chi connectivity index (χ0n) is 11.7. The number of esters is 1. The summed E-state index contributed by atoms with van der Waals surface area (Å²) >= 11 is 0. The molecule has 1 saturated heterocycles. The first-order chi connectivity index (χ1) is 7.84. The van der Waals surface area contributed by atoms with E-state index in [-0.39, 0.29) is 23.7 Å². The summed E-state index contributed by atoms with van der Waals surface area (Å²) in [5, 5.41) is 0. The Morgan fingerprint density at radius 2 is 2.24 bits per heavy atom. The summed E-state index contributed by atoms with van der Waals surface area (Å²) < 4.78 is 10.8. The average Bonchev–Trinajstić information content (AvgIpc) is 2.14. The Morgan fingerprint density at radius 1 is 1.59 bits per heavy atom. The first kappa shape index (κ1) is 14.5. The van der Waals surface area contributed by atoms with Crippen molar-refractivity contribution in [3.8, 4) is 0 Å². The molecule has 0 aromatic heterocycles. The van der Waals surface area contributed by atoms with E-state index in [2.05, 4.69) is 32.6 Å². The van der Waals surface area contributed by atoms with Crippen molar-refractivity contribution in [2.45, 2.75) is 58.8 Å². The summed E-state index contributed by atoms with van der Waals surface area (Å²) in [6.07, 6.45) is 0.666. The molecule has 1 aliphatic rings.